The van der Waals surface area contributed by atoms with Crippen molar-refractivity contribution >= 4 is 134 Å². The summed E-state index contributed by atoms with van der Waals surface area (Å²) in [4.78, 5) is 209. The Balaban J connectivity index is 1.34. The van der Waals surface area contributed by atoms with E-state index >= 15 is 0 Å². The molecule has 2 aliphatic heterocycles. The summed E-state index contributed by atoms with van der Waals surface area (Å²) < 4.78 is 67.0. The highest BCUT2D eigenvalue weighted by molar-refractivity contribution is 8.77. The number of nitrogens with one attached hydrogen (secondary N) is 13. The Kier molecular flexibility index (Phi) is 55.2. The molecule has 0 aromatic heterocycles. The van der Waals surface area contributed by atoms with E-state index in [1.54, 1.807) is 30.3 Å². The second-order valence-electron chi connectivity index (χ2n) is 26.0. The van der Waals surface area contributed by atoms with Crippen LogP contribution in [0, 0.1) is 5.82 Å². The van der Waals surface area contributed by atoms with Crippen LogP contribution in [0.5, 0.6) is 0 Å². The molecule has 2 saturated heterocycles. The van der Waals surface area contributed by atoms with Gasteiger partial charge in [-0.05, 0) is 55.4 Å². The van der Waals surface area contributed by atoms with Gasteiger partial charge in [-0.1, -0.05) is 69.2 Å². The van der Waals surface area contributed by atoms with Gasteiger partial charge in [0, 0.05) is 51.4 Å². The maximum atomic E-state index is 14.9. The zero-order valence-electron chi connectivity index (χ0n) is 67.3. The topological polar surface area (TPSA) is 637 Å². The van der Waals surface area contributed by atoms with Crippen molar-refractivity contribution in [2.75, 3.05) is 196 Å². The van der Waals surface area contributed by atoms with Gasteiger partial charge in [0.25, 0.3) is 17.7 Å². The fraction of sp³-hybridized carbons (Fsp3) is 0.603. The summed E-state index contributed by atoms with van der Waals surface area (Å²) in [5.74, 6) is -14.8. The first kappa shape index (κ1) is 104. The van der Waals surface area contributed by atoms with Crippen LogP contribution >= 0.6 is 33.3 Å². The molecule has 0 spiro atoms. The molecular formula is C73H111FN18O27S3. The molecule has 680 valence electrons. The van der Waals surface area contributed by atoms with Gasteiger partial charge in [-0.15, -0.1) is 11.8 Å². The number of aliphatic imine (C=N–C) groups is 1. The average molecular weight is 1790 g/mol. The Labute approximate surface area is 714 Å². The first-order valence-corrected chi connectivity index (χ1v) is 42.2. The number of nitrogens with zero attached hydrogens (tertiary/aromatic N) is 2. The van der Waals surface area contributed by atoms with Gasteiger partial charge in [-0.2, -0.15) is 0 Å². The molecule has 49 heteroatoms. The van der Waals surface area contributed by atoms with Crippen molar-refractivity contribution in [3.05, 3.63) is 71.5 Å². The maximum Gasteiger partial charge on any atom is 0.305 e. The smallest absolute Gasteiger partial charge is 0.305 e. The van der Waals surface area contributed by atoms with Gasteiger partial charge >= 0.3 is 5.97 Å². The minimum atomic E-state index is -1.93. The number of fused-ring (bicyclic) bond motifs is 3. The van der Waals surface area contributed by atoms with Crippen molar-refractivity contribution in [3.8, 4) is 0 Å². The molecule has 4 rings (SSSR count). The molecule has 45 nitrogen and oxygen atoms in total. The first-order chi connectivity index (χ1) is 58.8. The first-order valence-electron chi connectivity index (χ1n) is 38.8. The standard InChI is InChI=1S/C73H111FN18O27S3/c74-50-13-11-49(12-14-50)39-85-119-45-61(98)81-19-23-111-27-31-115-34-36-116-35-33-114-30-26-110-22-18-80-60(97)44-118-43-58(95)78-15-5-4-9-52-66(104)91-71-69(107)88-51(10-6-16-83-73(76)77)64(102)84-40-57(94)87-54(38-63(100)101)68(106)92-72(122-121-71)70(108)89-53(37-48-7-2-1-3-8-48)67(105)90-55(46-120-47-62(99)86-52)65(103)82-20-24-112-28-32-113-29-25-109-21-17-79-59(96)42-117-41-56(75)93/h1-3,7-8,11-14,39,51-55,71-72H,4-6,9-10,15-38,40-47H2,(H2,75,93)(H,78,95)(H,79,96)(H,80,97)(H,81,98)(H,82,103)(H,84,102)(H,86,99)(H,87,94)(H,88,107)(H,89,108)(H,90,105)(H,91,104)(H,92,106)(H,100,101)(H4,76,77,83). The third-order valence-electron chi connectivity index (χ3n) is 16.0. The van der Waals surface area contributed by atoms with E-state index in [0.29, 0.717) is 72.4 Å². The predicted molar refractivity (Wildman–Crippen MR) is 438 cm³/mol. The number of aliphatic carboxylic acids is 1. The van der Waals surface area contributed by atoms with E-state index in [1.807, 2.05) is 0 Å². The number of amides is 14. The molecule has 20 N–H and O–H groups in total. The Morgan fingerprint density at radius 2 is 0.918 bits per heavy atom. The summed E-state index contributed by atoms with van der Waals surface area (Å²) in [6.07, 6.45) is 0.00472. The lowest BCUT2D eigenvalue weighted by Crippen LogP contribution is -2.59. The Bertz CT molecular complexity index is 3630. The summed E-state index contributed by atoms with van der Waals surface area (Å²) in [5.41, 5.74) is 17.1. The monoisotopic (exact) mass is 1790 g/mol. The van der Waals surface area contributed by atoms with E-state index in [-0.39, 0.29) is 181 Å². The number of hydrogen-bond donors (Lipinski definition) is 17. The number of unbranched alkanes of at least 4 members (excludes halogenated alkanes) is 1. The van der Waals surface area contributed by atoms with Gasteiger partial charge in [0.1, 0.15) is 62.5 Å². The van der Waals surface area contributed by atoms with Crippen LogP contribution in [-0.4, -0.2) is 343 Å². The predicted octanol–water partition coefficient (Wildman–Crippen LogP) is -7.08. The van der Waals surface area contributed by atoms with E-state index in [9.17, 15) is 81.4 Å². The molecule has 0 saturated carbocycles. The number of carbonyl (C=O) groups excluding carboxylic acids is 14. The van der Waals surface area contributed by atoms with Gasteiger partial charge in [0.15, 0.2) is 23.3 Å². The highest BCUT2D eigenvalue weighted by Crippen LogP contribution is 2.31. The molecule has 2 fully saturated rings. The number of primary amides is 1. The molecule has 7 unspecified atom stereocenters. The highest BCUT2D eigenvalue weighted by Gasteiger charge is 2.37. The van der Waals surface area contributed by atoms with Gasteiger partial charge in [0.05, 0.1) is 131 Å². The van der Waals surface area contributed by atoms with Gasteiger partial charge in [0.2, 0.25) is 65.0 Å². The fourth-order valence-corrected chi connectivity index (χ4v) is 13.3. The molecule has 0 radical (unpaired) electrons. The third kappa shape index (κ3) is 50.9. The van der Waals surface area contributed by atoms with Gasteiger partial charge < -0.3 is 144 Å². The minimum absolute atomic E-state index is 0.00187. The van der Waals surface area contributed by atoms with Crippen LogP contribution in [0.1, 0.15) is 49.7 Å². The third-order valence-corrected chi connectivity index (χ3v) is 19.7. The number of oxime groups is 1. The van der Waals surface area contributed by atoms with Crippen molar-refractivity contribution < 1.29 is 134 Å². The van der Waals surface area contributed by atoms with Crippen LogP contribution < -0.4 is 86.3 Å². The number of rotatable bonds is 56. The summed E-state index contributed by atoms with van der Waals surface area (Å²) in [5, 5.41) is 42.8. The number of thioether (sulfide) groups is 1. The minimum Gasteiger partial charge on any atom is -0.481 e. The summed E-state index contributed by atoms with van der Waals surface area (Å²) >= 11 is 0.857. The number of halogens is 1. The largest absolute Gasteiger partial charge is 0.481 e. The van der Waals surface area contributed by atoms with Gasteiger partial charge in [-0.25, -0.2) is 4.39 Å². The number of hydrogen-bond acceptors (Lipinski definition) is 31. The van der Waals surface area contributed by atoms with E-state index < -0.39 is 162 Å². The molecule has 2 aliphatic rings. The number of carbonyl (C=O) groups is 15. The Hall–Kier alpha value is -10.2. The van der Waals surface area contributed by atoms with Crippen molar-refractivity contribution in [1.82, 2.24) is 69.1 Å². The molecular weight excluding hydrogens is 1680 g/mol. The second-order valence-corrected chi connectivity index (χ2v) is 29.5. The molecule has 2 bridgehead atoms. The van der Waals surface area contributed by atoms with E-state index in [1.165, 1.54) is 30.5 Å². The second kappa shape index (κ2) is 64.6. The van der Waals surface area contributed by atoms with Crippen LogP contribution in [-0.2, 0) is 131 Å². The van der Waals surface area contributed by atoms with Crippen molar-refractivity contribution in [3.63, 3.8) is 0 Å². The molecule has 2 aromatic rings. The molecule has 2 heterocycles. The normalized spacial score (nSPS) is 18.4. The van der Waals surface area contributed by atoms with Crippen molar-refractivity contribution in [2.24, 2.45) is 27.3 Å². The number of ether oxygens (including phenoxy) is 10. The van der Waals surface area contributed by atoms with Crippen LogP contribution in [0.4, 0.5) is 4.39 Å². The zero-order chi connectivity index (χ0) is 88.8. The lowest BCUT2D eigenvalue weighted by atomic mass is 10.0. The molecule has 2 aromatic carbocycles. The number of guanidine groups is 1. The summed E-state index contributed by atoms with van der Waals surface area (Å²) in [6, 6.07) is 5.90. The number of benzene rings is 2. The number of carboxylic acids is 1. The van der Waals surface area contributed by atoms with E-state index in [0.717, 1.165) is 11.8 Å². The molecule has 0 aliphatic carbocycles. The quantitative estimate of drug-likeness (QED) is 0.00962. The van der Waals surface area contributed by atoms with Crippen LogP contribution in [0.2, 0.25) is 0 Å². The summed E-state index contributed by atoms with van der Waals surface area (Å²) in [7, 11) is 0.859. The Morgan fingerprint density at radius 1 is 0.467 bits per heavy atom. The van der Waals surface area contributed by atoms with Crippen LogP contribution in [0.25, 0.3) is 0 Å². The van der Waals surface area contributed by atoms with Crippen molar-refractivity contribution in [1.29, 1.82) is 0 Å². The van der Waals surface area contributed by atoms with E-state index in [4.69, 9.17) is 69.4 Å². The zero-order valence-corrected chi connectivity index (χ0v) is 69.7. The fourth-order valence-electron chi connectivity index (χ4n) is 10.1. The molecule has 7 atom stereocenters. The Morgan fingerprint density at radius 3 is 1.43 bits per heavy atom. The lowest BCUT2D eigenvalue weighted by Gasteiger charge is -2.28. The maximum absolute atomic E-state index is 14.9. The SMILES string of the molecule is NC(=O)COCC(=O)NCCOCCOCCOCCNC(=O)C1CSCC(=O)NC(CCCCNC(=O)COCC(=O)NCCOCCOCCOCCOCCOCCNC(=O)CON=Cc2ccc(F)cc2)C(=O)NC2SSC(NC(=O)C(CC(=O)O)NC(=O)CNC(=O)C(CCCN=C(N)N)NC2=O)C(=O)NC(Cc2ccccc2)C(=O)N1. The molecule has 122 heavy (non-hydrogen) atoms. The average Bonchev–Trinajstić information content (AvgIpc) is 1.19. The molecule has 14 amide bonds. The van der Waals surface area contributed by atoms with E-state index in [2.05, 4.69) is 79.3 Å². The summed E-state index contributed by atoms with van der Waals surface area (Å²) in [6.45, 7) is 0.877. The van der Waals surface area contributed by atoms with Crippen molar-refractivity contribution in [2.45, 2.75) is 85.9 Å². The lowest BCUT2D eigenvalue weighted by molar-refractivity contribution is -0.141. The van der Waals surface area contributed by atoms with Crippen LogP contribution in [0.3, 0.4) is 0 Å². The highest BCUT2D eigenvalue weighted by atomic mass is 33.1. The van der Waals surface area contributed by atoms with Crippen LogP contribution in [0.15, 0.2) is 64.7 Å². The van der Waals surface area contributed by atoms with Gasteiger partial charge in [-0.3, -0.25) is 76.9 Å². The number of nitrogens with two attached hydrogens (primary N) is 3. The number of carboxylic acid groups (broad SMARTS) is 1.